The normalized spacial score (nSPS) is 10.3. The predicted molar refractivity (Wildman–Crippen MR) is 59.4 cm³/mol. The molecule has 1 heterocycles. The maximum atomic E-state index is 7.43. The van der Waals surface area contributed by atoms with Crippen LogP contribution in [0.4, 0.5) is 0 Å². The van der Waals surface area contributed by atoms with Gasteiger partial charge in [0, 0.05) is 0 Å². The van der Waals surface area contributed by atoms with Crippen molar-refractivity contribution in [2.75, 3.05) is 0 Å². The molecule has 0 aliphatic rings. The van der Waals surface area contributed by atoms with Crippen LogP contribution >= 0.6 is 23.2 Å². The Morgan fingerprint density at radius 2 is 1.80 bits per heavy atom. The van der Waals surface area contributed by atoms with Crippen LogP contribution in [-0.2, 0) is 0 Å². The van der Waals surface area contributed by atoms with Crippen LogP contribution in [0.3, 0.4) is 0 Å². The third-order valence-corrected chi connectivity index (χ3v) is 2.74. The van der Waals surface area contributed by atoms with E-state index in [1.54, 1.807) is 0 Å². The largest absolute Gasteiger partial charge is 0.298 e. The quantitative estimate of drug-likeness (QED) is 0.817. The van der Waals surface area contributed by atoms with Crippen molar-refractivity contribution in [1.82, 2.24) is 9.78 Å². The Bertz CT molecular complexity index is 534. The second-order valence-electron chi connectivity index (χ2n) is 2.91. The van der Waals surface area contributed by atoms with Crippen LogP contribution in [0.25, 0.3) is 5.69 Å². The average molecular weight is 240 g/mol. The molecule has 76 valence electrons. The van der Waals surface area contributed by atoms with Gasteiger partial charge in [0.2, 0.25) is 0 Å². The molecule has 5 heteroatoms. The highest BCUT2D eigenvalue weighted by Gasteiger charge is 2.06. The number of hydrogen-bond acceptors (Lipinski definition) is 2. The van der Waals surface area contributed by atoms with Gasteiger partial charge in [-0.3, -0.25) is 5.41 Å². The minimum absolute atomic E-state index is 0.119. The smallest absolute Gasteiger partial charge is 0.152 e. The van der Waals surface area contributed by atoms with Crippen LogP contribution in [-0.4, -0.2) is 9.78 Å². The number of aromatic nitrogens is 2. The Balaban J connectivity index is 2.65. The van der Waals surface area contributed by atoms with Gasteiger partial charge in [0.25, 0.3) is 0 Å². The molecule has 2 rings (SSSR count). The highest BCUT2D eigenvalue weighted by molar-refractivity contribution is 6.41. The van der Waals surface area contributed by atoms with Crippen LogP contribution in [0.1, 0.15) is 0 Å². The first kappa shape index (κ1) is 10.2. The summed E-state index contributed by atoms with van der Waals surface area (Å²) in [5, 5.41) is 12.0. The van der Waals surface area contributed by atoms with Gasteiger partial charge < -0.3 is 0 Å². The van der Waals surface area contributed by atoms with Crippen LogP contribution in [0.15, 0.2) is 36.5 Å². The number of nitrogens with zero attached hydrogens (tertiary/aromatic N) is 2. The summed E-state index contributed by atoms with van der Waals surface area (Å²) >= 11 is 11.8. The highest BCUT2D eigenvalue weighted by Crippen LogP contribution is 2.19. The fraction of sp³-hybridized carbons (Fsp3) is 0. The Kier molecular flexibility index (Phi) is 2.75. The monoisotopic (exact) mass is 239 g/mol. The number of rotatable bonds is 1. The van der Waals surface area contributed by atoms with E-state index >= 15 is 0 Å². The first-order valence-electron chi connectivity index (χ1n) is 4.23. The molecule has 0 aliphatic heterocycles. The van der Waals surface area contributed by atoms with E-state index in [0.29, 0.717) is 0 Å². The summed E-state index contributed by atoms with van der Waals surface area (Å²) in [5.74, 6) is 0. The summed E-state index contributed by atoms with van der Waals surface area (Å²) in [4.78, 5) is 0. The van der Waals surface area contributed by atoms with Crippen LogP contribution < -0.4 is 5.36 Å². The van der Waals surface area contributed by atoms with E-state index in [2.05, 4.69) is 5.10 Å². The summed E-state index contributed by atoms with van der Waals surface area (Å²) in [6, 6.07) is 9.38. The molecule has 0 radical (unpaired) electrons. The molecule has 0 saturated carbocycles. The lowest BCUT2D eigenvalue weighted by atomic mass is 10.3. The summed E-state index contributed by atoms with van der Waals surface area (Å²) < 4.78 is 1.49. The van der Waals surface area contributed by atoms with Gasteiger partial charge in [-0.2, -0.15) is 5.10 Å². The Morgan fingerprint density at radius 3 is 2.47 bits per heavy atom. The average Bonchev–Trinajstić information content (AvgIpc) is 2.27. The summed E-state index contributed by atoms with van der Waals surface area (Å²) in [7, 11) is 0. The second-order valence-corrected chi connectivity index (χ2v) is 3.65. The molecule has 1 N–H and O–H groups in total. The van der Waals surface area contributed by atoms with Crippen molar-refractivity contribution in [3.63, 3.8) is 0 Å². The lowest BCUT2D eigenvalue weighted by Crippen LogP contribution is -2.11. The number of benzene rings is 1. The Hall–Kier alpha value is -1.32. The molecule has 0 unspecified atom stereocenters. The van der Waals surface area contributed by atoms with Gasteiger partial charge in [-0.15, -0.1) is 0 Å². The predicted octanol–water partition coefficient (Wildman–Crippen LogP) is 2.66. The second kappa shape index (κ2) is 4.04. The summed E-state index contributed by atoms with van der Waals surface area (Å²) in [6.45, 7) is 0. The SMILES string of the molecule is N=c1cnn(-c2ccccc2)c(Cl)c1Cl. The minimum atomic E-state index is 0.119. The molecule has 0 saturated heterocycles. The molecule has 0 atom stereocenters. The van der Waals surface area contributed by atoms with Gasteiger partial charge >= 0.3 is 0 Å². The number of para-hydroxylation sites is 1. The van der Waals surface area contributed by atoms with Gasteiger partial charge in [-0.1, -0.05) is 41.4 Å². The van der Waals surface area contributed by atoms with Gasteiger partial charge in [0.05, 0.1) is 17.2 Å². The lowest BCUT2D eigenvalue weighted by Gasteiger charge is -2.08. The maximum absolute atomic E-state index is 7.43. The Morgan fingerprint density at radius 1 is 1.13 bits per heavy atom. The van der Waals surface area contributed by atoms with Crippen molar-refractivity contribution >= 4 is 23.2 Å². The molecule has 15 heavy (non-hydrogen) atoms. The van der Waals surface area contributed by atoms with E-state index in [-0.39, 0.29) is 15.5 Å². The fourth-order valence-corrected chi connectivity index (χ4v) is 1.55. The Labute approximate surface area is 96.4 Å². The first-order valence-corrected chi connectivity index (χ1v) is 4.99. The van der Waals surface area contributed by atoms with E-state index in [0.717, 1.165) is 5.69 Å². The lowest BCUT2D eigenvalue weighted by molar-refractivity contribution is 0.830. The number of halogens is 2. The van der Waals surface area contributed by atoms with Gasteiger partial charge in [-0.25, -0.2) is 4.68 Å². The zero-order valence-corrected chi connectivity index (χ0v) is 9.13. The molecular weight excluding hydrogens is 233 g/mol. The molecule has 3 nitrogen and oxygen atoms in total. The molecular formula is C10H7Cl2N3. The molecule has 1 aromatic heterocycles. The topological polar surface area (TPSA) is 41.7 Å². The van der Waals surface area contributed by atoms with E-state index in [1.165, 1.54) is 10.9 Å². The maximum Gasteiger partial charge on any atom is 0.152 e. The van der Waals surface area contributed by atoms with Crippen LogP contribution in [0.5, 0.6) is 0 Å². The third-order valence-electron chi connectivity index (χ3n) is 1.91. The highest BCUT2D eigenvalue weighted by atomic mass is 35.5. The molecule has 0 aliphatic carbocycles. The first-order chi connectivity index (χ1) is 7.20. The summed E-state index contributed by atoms with van der Waals surface area (Å²) in [6.07, 6.45) is 1.36. The number of nitrogens with one attached hydrogen (secondary N) is 1. The van der Waals surface area contributed by atoms with E-state index in [1.807, 2.05) is 30.3 Å². The third kappa shape index (κ3) is 1.89. The van der Waals surface area contributed by atoms with Crippen LogP contribution in [0, 0.1) is 5.41 Å². The van der Waals surface area contributed by atoms with Crippen LogP contribution in [0.2, 0.25) is 10.2 Å². The minimum Gasteiger partial charge on any atom is -0.298 e. The van der Waals surface area contributed by atoms with Gasteiger partial charge in [0.15, 0.2) is 5.15 Å². The molecule has 0 bridgehead atoms. The van der Waals surface area contributed by atoms with Crippen molar-refractivity contribution in [1.29, 1.82) is 5.41 Å². The van der Waals surface area contributed by atoms with Crippen molar-refractivity contribution in [2.24, 2.45) is 0 Å². The van der Waals surface area contributed by atoms with E-state index < -0.39 is 0 Å². The molecule has 0 amide bonds. The van der Waals surface area contributed by atoms with Gasteiger partial charge in [0.1, 0.15) is 5.02 Å². The van der Waals surface area contributed by atoms with E-state index in [4.69, 9.17) is 28.6 Å². The number of hydrogen-bond donors (Lipinski definition) is 1. The van der Waals surface area contributed by atoms with E-state index in [9.17, 15) is 0 Å². The molecule has 0 spiro atoms. The molecule has 2 aromatic rings. The zero-order chi connectivity index (χ0) is 10.8. The molecule has 0 fully saturated rings. The van der Waals surface area contributed by atoms with Crippen molar-refractivity contribution in [3.05, 3.63) is 52.1 Å². The standard InChI is InChI=1S/C10H7Cl2N3/c11-9-8(13)6-14-15(10(9)12)7-4-2-1-3-5-7/h1-6,13H. The van der Waals surface area contributed by atoms with Crippen molar-refractivity contribution in [3.8, 4) is 5.69 Å². The van der Waals surface area contributed by atoms with Gasteiger partial charge in [-0.05, 0) is 12.1 Å². The zero-order valence-electron chi connectivity index (χ0n) is 7.61. The van der Waals surface area contributed by atoms with Crippen molar-refractivity contribution < 1.29 is 0 Å². The fourth-order valence-electron chi connectivity index (χ4n) is 1.18. The summed E-state index contributed by atoms with van der Waals surface area (Å²) in [5.41, 5.74) is 0.810. The van der Waals surface area contributed by atoms with Crippen molar-refractivity contribution in [2.45, 2.75) is 0 Å². The molecule has 1 aromatic carbocycles.